The Hall–Kier alpha value is -1.84. The number of nitrogens with zero attached hydrogens (tertiary/aromatic N) is 3. The van der Waals surface area contributed by atoms with Gasteiger partial charge in [-0.15, -0.1) is 24.0 Å². The third-order valence-electron chi connectivity index (χ3n) is 5.38. The maximum atomic E-state index is 5.29. The Balaban J connectivity index is 0.00000341. The van der Waals surface area contributed by atoms with Gasteiger partial charge in [-0.25, -0.2) is 4.99 Å². The lowest BCUT2D eigenvalue weighted by Crippen LogP contribution is -2.43. The number of guanidine groups is 1. The lowest BCUT2D eigenvalue weighted by atomic mass is 10.1. The molecule has 0 amide bonds. The minimum atomic E-state index is 0. The third kappa shape index (κ3) is 8.66. The van der Waals surface area contributed by atoms with Crippen molar-refractivity contribution in [3.05, 3.63) is 65.2 Å². The highest BCUT2D eigenvalue weighted by Crippen LogP contribution is 2.13. The summed E-state index contributed by atoms with van der Waals surface area (Å²) in [4.78, 5) is 9.62. The van der Waals surface area contributed by atoms with E-state index in [0.29, 0.717) is 6.54 Å². The summed E-state index contributed by atoms with van der Waals surface area (Å²) >= 11 is 0. The maximum Gasteiger partial charge on any atom is 0.191 e. The first-order valence-electron chi connectivity index (χ1n) is 10.8. The summed E-state index contributed by atoms with van der Waals surface area (Å²) in [6.45, 7) is 9.91. The number of nitrogens with one attached hydrogen (secondary N) is 2. The second-order valence-corrected chi connectivity index (χ2v) is 7.80. The molecule has 170 valence electrons. The second kappa shape index (κ2) is 13.5. The fraction of sp³-hybridized carbons (Fsp3) is 0.458. The van der Waals surface area contributed by atoms with E-state index in [1.165, 1.54) is 11.1 Å². The van der Waals surface area contributed by atoms with Gasteiger partial charge >= 0.3 is 0 Å². The highest BCUT2D eigenvalue weighted by atomic mass is 127. The van der Waals surface area contributed by atoms with Crippen LogP contribution in [0.4, 0.5) is 0 Å². The molecule has 1 aliphatic rings. The van der Waals surface area contributed by atoms with E-state index in [2.05, 4.69) is 64.7 Å². The van der Waals surface area contributed by atoms with Crippen molar-refractivity contribution in [3.8, 4) is 5.75 Å². The Labute approximate surface area is 204 Å². The second-order valence-electron chi connectivity index (χ2n) is 7.80. The lowest BCUT2D eigenvalue weighted by molar-refractivity contribution is 0.148. The van der Waals surface area contributed by atoms with E-state index >= 15 is 0 Å². The lowest BCUT2D eigenvalue weighted by Gasteiger charge is -2.32. The molecule has 2 N–H and O–H groups in total. The summed E-state index contributed by atoms with van der Waals surface area (Å²) in [7, 11) is 3.88. The van der Waals surface area contributed by atoms with Crippen molar-refractivity contribution in [3.63, 3.8) is 0 Å². The number of piperazine rings is 1. The Morgan fingerprint density at radius 3 is 2.35 bits per heavy atom. The number of aliphatic imine (C=N–C) groups is 1. The number of rotatable bonds is 8. The Morgan fingerprint density at radius 1 is 0.968 bits per heavy atom. The van der Waals surface area contributed by atoms with E-state index in [9.17, 15) is 0 Å². The van der Waals surface area contributed by atoms with E-state index < -0.39 is 0 Å². The monoisotopic (exact) mass is 537 g/mol. The van der Waals surface area contributed by atoms with Gasteiger partial charge in [0.25, 0.3) is 0 Å². The van der Waals surface area contributed by atoms with Crippen molar-refractivity contribution < 1.29 is 4.74 Å². The molecule has 31 heavy (non-hydrogen) atoms. The van der Waals surface area contributed by atoms with Crippen molar-refractivity contribution in [2.45, 2.75) is 26.6 Å². The largest absolute Gasteiger partial charge is 0.497 e. The summed E-state index contributed by atoms with van der Waals surface area (Å²) in [5.41, 5.74) is 3.76. The molecular weight excluding hydrogens is 501 g/mol. The molecule has 3 rings (SSSR count). The number of methoxy groups -OCH3 is 1. The van der Waals surface area contributed by atoms with E-state index in [1.54, 1.807) is 7.11 Å². The fourth-order valence-electron chi connectivity index (χ4n) is 3.50. The van der Waals surface area contributed by atoms with Crippen LogP contribution in [0.5, 0.6) is 5.75 Å². The van der Waals surface area contributed by atoms with Crippen LogP contribution in [0.3, 0.4) is 0 Å². The van der Waals surface area contributed by atoms with Crippen LogP contribution < -0.4 is 15.4 Å². The summed E-state index contributed by atoms with van der Waals surface area (Å²) in [5, 5.41) is 6.75. The smallest absolute Gasteiger partial charge is 0.191 e. The van der Waals surface area contributed by atoms with Gasteiger partial charge in [-0.2, -0.15) is 0 Å². The fourth-order valence-corrected chi connectivity index (χ4v) is 3.50. The Morgan fingerprint density at radius 2 is 1.68 bits per heavy atom. The number of ether oxygens (including phenoxy) is 1. The van der Waals surface area contributed by atoms with Crippen molar-refractivity contribution >= 4 is 29.9 Å². The molecular formula is C24H36IN5O. The molecule has 0 atom stereocenters. The molecule has 1 saturated heterocycles. The van der Waals surface area contributed by atoms with Crippen molar-refractivity contribution in [1.82, 2.24) is 20.4 Å². The maximum absolute atomic E-state index is 5.29. The Bertz CT molecular complexity index is 804. The first-order chi connectivity index (χ1) is 14.7. The molecule has 1 heterocycles. The molecule has 1 aliphatic heterocycles. The van der Waals surface area contributed by atoms with Gasteiger partial charge in [0.15, 0.2) is 5.96 Å². The van der Waals surface area contributed by atoms with Crippen LogP contribution in [-0.4, -0.2) is 62.6 Å². The first kappa shape index (κ1) is 25.4. The van der Waals surface area contributed by atoms with Gasteiger partial charge in [-0.3, -0.25) is 4.90 Å². The molecule has 2 aromatic carbocycles. The van der Waals surface area contributed by atoms with Gasteiger partial charge in [0.1, 0.15) is 5.75 Å². The van der Waals surface area contributed by atoms with Gasteiger partial charge in [0.2, 0.25) is 0 Å². The highest BCUT2D eigenvalue weighted by Gasteiger charge is 2.13. The Kier molecular flexibility index (Phi) is 11.1. The molecule has 1 fully saturated rings. The van der Waals surface area contributed by atoms with E-state index in [-0.39, 0.29) is 24.0 Å². The topological polar surface area (TPSA) is 52.1 Å². The number of likely N-dealkylation sites (N-methyl/N-ethyl adjacent to an activating group) is 1. The molecule has 6 nitrogen and oxygen atoms in total. The predicted molar refractivity (Wildman–Crippen MR) is 139 cm³/mol. The minimum absolute atomic E-state index is 0. The van der Waals surface area contributed by atoms with Gasteiger partial charge in [0, 0.05) is 45.8 Å². The molecule has 0 radical (unpaired) electrons. The molecule has 2 aromatic rings. The van der Waals surface area contributed by atoms with Crippen LogP contribution in [0.2, 0.25) is 0 Å². The van der Waals surface area contributed by atoms with Crippen molar-refractivity contribution in [1.29, 1.82) is 0 Å². The summed E-state index contributed by atoms with van der Waals surface area (Å²) in [6.07, 6.45) is 0. The molecule has 0 saturated carbocycles. The summed E-state index contributed by atoms with van der Waals surface area (Å²) in [5.74, 6) is 1.68. The van der Waals surface area contributed by atoms with Gasteiger partial charge in [-0.05, 0) is 42.8 Å². The zero-order valence-electron chi connectivity index (χ0n) is 18.9. The molecule has 0 aliphatic carbocycles. The van der Waals surface area contributed by atoms with Crippen LogP contribution in [0.1, 0.15) is 23.6 Å². The van der Waals surface area contributed by atoms with Gasteiger partial charge in [-0.1, -0.05) is 36.4 Å². The number of hydrogen-bond donors (Lipinski definition) is 2. The van der Waals surface area contributed by atoms with Crippen LogP contribution in [0.15, 0.2) is 53.5 Å². The zero-order chi connectivity index (χ0) is 21.2. The number of benzene rings is 2. The van der Waals surface area contributed by atoms with Crippen LogP contribution in [0.25, 0.3) is 0 Å². The van der Waals surface area contributed by atoms with Crippen LogP contribution >= 0.6 is 24.0 Å². The number of hydrogen-bond acceptors (Lipinski definition) is 4. The van der Waals surface area contributed by atoms with Crippen LogP contribution in [-0.2, 0) is 19.6 Å². The zero-order valence-corrected chi connectivity index (χ0v) is 21.3. The minimum Gasteiger partial charge on any atom is -0.497 e. The standard InChI is InChI=1S/C24H35N5O.HI/c1-4-25-24(27-18-22-6-5-7-23(16-22)30-3)26-17-20-8-10-21(11-9-20)19-29-14-12-28(2)13-15-29;/h5-11,16H,4,12-15,17-19H2,1-3H3,(H2,25,26,27);1H. The van der Waals surface area contributed by atoms with Gasteiger partial charge < -0.3 is 20.3 Å². The molecule has 0 spiro atoms. The van der Waals surface area contributed by atoms with Crippen LogP contribution in [0, 0.1) is 0 Å². The molecule has 0 bridgehead atoms. The highest BCUT2D eigenvalue weighted by molar-refractivity contribution is 14.0. The van der Waals surface area contributed by atoms with Crippen molar-refractivity contribution in [2.75, 3.05) is 46.9 Å². The quantitative estimate of drug-likeness (QED) is 0.308. The average molecular weight is 537 g/mol. The van der Waals surface area contributed by atoms with E-state index in [1.807, 2.05) is 18.2 Å². The first-order valence-corrected chi connectivity index (χ1v) is 10.8. The predicted octanol–water partition coefficient (Wildman–Crippen LogP) is 3.32. The number of halogens is 1. The average Bonchev–Trinajstić information content (AvgIpc) is 2.78. The molecule has 0 unspecified atom stereocenters. The third-order valence-corrected chi connectivity index (χ3v) is 5.38. The summed E-state index contributed by atoms with van der Waals surface area (Å²) in [6, 6.07) is 16.9. The molecule has 0 aromatic heterocycles. The molecule has 7 heteroatoms. The van der Waals surface area contributed by atoms with Gasteiger partial charge in [0.05, 0.1) is 13.7 Å². The normalized spacial score (nSPS) is 15.3. The SMILES string of the molecule is CCNC(=NCc1cccc(OC)c1)NCc1ccc(CN2CCN(C)CC2)cc1.I. The summed E-state index contributed by atoms with van der Waals surface area (Å²) < 4.78 is 5.29. The van der Waals surface area contributed by atoms with E-state index in [4.69, 9.17) is 9.73 Å². The van der Waals surface area contributed by atoms with Crippen molar-refractivity contribution in [2.24, 2.45) is 4.99 Å². The van der Waals surface area contributed by atoms with E-state index in [0.717, 1.165) is 63.1 Å².